The molecule has 1 fully saturated rings. The Balaban J connectivity index is 2.49. The Hall–Kier alpha value is -0.330. The first kappa shape index (κ1) is 13.7. The molecule has 0 saturated carbocycles. The number of piperidine rings is 1. The van der Waals surface area contributed by atoms with Crippen molar-refractivity contribution in [2.75, 3.05) is 24.8 Å². The second-order valence-corrected chi connectivity index (χ2v) is 6.34. The van der Waals surface area contributed by atoms with E-state index in [9.17, 15) is 13.2 Å². The maximum atomic E-state index is 11.5. The smallest absolute Gasteiger partial charge is 0.228 e. The highest BCUT2D eigenvalue weighted by Crippen LogP contribution is 2.20. The molecule has 0 aromatic rings. The predicted molar refractivity (Wildman–Crippen MR) is 62.6 cm³/mol. The van der Waals surface area contributed by atoms with Crippen molar-refractivity contribution in [3.63, 3.8) is 0 Å². The zero-order chi connectivity index (χ0) is 12.2. The van der Waals surface area contributed by atoms with Gasteiger partial charge >= 0.3 is 0 Å². The van der Waals surface area contributed by atoms with Gasteiger partial charge in [0.15, 0.2) is 0 Å². The summed E-state index contributed by atoms with van der Waals surface area (Å²) in [4.78, 5) is 11.5. The van der Waals surface area contributed by atoms with E-state index in [1.807, 2.05) is 6.92 Å². The van der Waals surface area contributed by atoms with Crippen molar-refractivity contribution >= 4 is 27.5 Å². The minimum absolute atomic E-state index is 0.0189. The van der Waals surface area contributed by atoms with Crippen LogP contribution in [0.2, 0.25) is 0 Å². The van der Waals surface area contributed by atoms with E-state index >= 15 is 0 Å². The van der Waals surface area contributed by atoms with E-state index in [0.717, 1.165) is 0 Å². The van der Waals surface area contributed by atoms with Gasteiger partial charge in [-0.3, -0.25) is 4.79 Å². The fourth-order valence-electron chi connectivity index (χ4n) is 1.78. The van der Waals surface area contributed by atoms with Crippen LogP contribution in [0.5, 0.6) is 0 Å². The summed E-state index contributed by atoms with van der Waals surface area (Å²) < 4.78 is 24.3. The number of rotatable bonds is 4. The van der Waals surface area contributed by atoms with Gasteiger partial charge in [0, 0.05) is 25.6 Å². The second-order valence-electron chi connectivity index (χ2n) is 3.79. The largest absolute Gasteiger partial charge is 0.356 e. The van der Waals surface area contributed by atoms with Gasteiger partial charge in [-0.1, -0.05) is 0 Å². The number of alkyl halides is 1. The molecule has 1 saturated heterocycles. The molecule has 0 aliphatic carbocycles. The highest BCUT2D eigenvalue weighted by molar-refractivity contribution is 7.90. The van der Waals surface area contributed by atoms with Crippen molar-refractivity contribution in [1.82, 2.24) is 9.62 Å². The van der Waals surface area contributed by atoms with Gasteiger partial charge in [-0.15, -0.1) is 11.6 Å². The van der Waals surface area contributed by atoms with E-state index in [2.05, 4.69) is 5.32 Å². The van der Waals surface area contributed by atoms with Gasteiger partial charge in [-0.25, -0.2) is 12.7 Å². The van der Waals surface area contributed by atoms with E-state index in [1.54, 1.807) is 0 Å². The van der Waals surface area contributed by atoms with Crippen LogP contribution in [0.3, 0.4) is 0 Å². The van der Waals surface area contributed by atoms with Crippen molar-refractivity contribution in [3.8, 4) is 0 Å². The molecule has 0 aromatic heterocycles. The van der Waals surface area contributed by atoms with Crippen molar-refractivity contribution in [2.45, 2.75) is 19.8 Å². The van der Waals surface area contributed by atoms with Gasteiger partial charge in [-0.05, 0) is 19.8 Å². The normalized spacial score (nSPS) is 19.6. The van der Waals surface area contributed by atoms with Crippen LogP contribution < -0.4 is 5.32 Å². The maximum absolute atomic E-state index is 11.5. The lowest BCUT2D eigenvalue weighted by molar-refractivity contribution is -0.125. The van der Waals surface area contributed by atoms with Gasteiger partial charge in [0.1, 0.15) is 5.21 Å². The van der Waals surface area contributed by atoms with Gasteiger partial charge in [-0.2, -0.15) is 0 Å². The SMILES string of the molecule is CCNC(=O)C1CCN(S(=O)(=O)CCl)CC1. The summed E-state index contributed by atoms with van der Waals surface area (Å²) in [6.07, 6.45) is 1.14. The summed E-state index contributed by atoms with van der Waals surface area (Å²) in [6.45, 7) is 3.25. The third-order valence-corrected chi connectivity index (χ3v) is 4.96. The van der Waals surface area contributed by atoms with E-state index in [-0.39, 0.29) is 11.8 Å². The zero-order valence-electron chi connectivity index (χ0n) is 9.28. The lowest BCUT2D eigenvalue weighted by Crippen LogP contribution is -2.43. The summed E-state index contributed by atoms with van der Waals surface area (Å²) >= 11 is 5.37. The molecule has 1 heterocycles. The number of carbonyl (C=O) groups is 1. The Morgan fingerprint density at radius 3 is 2.44 bits per heavy atom. The van der Waals surface area contributed by atoms with Crippen molar-refractivity contribution in [1.29, 1.82) is 0 Å². The molecule has 0 atom stereocenters. The van der Waals surface area contributed by atoms with Crippen LogP contribution in [0.25, 0.3) is 0 Å². The topological polar surface area (TPSA) is 66.5 Å². The summed E-state index contributed by atoms with van der Waals surface area (Å²) in [7, 11) is -3.32. The highest BCUT2D eigenvalue weighted by Gasteiger charge is 2.30. The zero-order valence-corrected chi connectivity index (χ0v) is 10.9. The van der Waals surface area contributed by atoms with E-state index in [0.29, 0.717) is 32.5 Å². The van der Waals surface area contributed by atoms with Gasteiger partial charge < -0.3 is 5.32 Å². The number of carbonyl (C=O) groups excluding carboxylic acids is 1. The molecule has 0 radical (unpaired) electrons. The van der Waals surface area contributed by atoms with Crippen LogP contribution in [0, 0.1) is 5.92 Å². The lowest BCUT2D eigenvalue weighted by atomic mass is 9.97. The number of halogens is 1. The van der Waals surface area contributed by atoms with Crippen LogP contribution in [0.4, 0.5) is 0 Å². The second kappa shape index (κ2) is 5.84. The summed E-state index contributed by atoms with van der Waals surface area (Å²) in [5.74, 6) is -0.0489. The Bertz CT molecular complexity index is 337. The van der Waals surface area contributed by atoms with Crippen LogP contribution in [-0.2, 0) is 14.8 Å². The minimum Gasteiger partial charge on any atom is -0.356 e. The first-order valence-corrected chi connectivity index (χ1v) is 7.47. The Morgan fingerprint density at radius 2 is 2.00 bits per heavy atom. The Labute approximate surface area is 101 Å². The first-order chi connectivity index (χ1) is 7.51. The fraction of sp³-hybridized carbons (Fsp3) is 0.889. The number of nitrogens with zero attached hydrogens (tertiary/aromatic N) is 1. The third-order valence-electron chi connectivity index (χ3n) is 2.71. The van der Waals surface area contributed by atoms with Crippen LogP contribution >= 0.6 is 11.6 Å². The molecule has 7 heteroatoms. The fourth-order valence-corrected chi connectivity index (χ4v) is 3.10. The molecule has 0 spiro atoms. The van der Waals surface area contributed by atoms with Crippen molar-refractivity contribution < 1.29 is 13.2 Å². The van der Waals surface area contributed by atoms with E-state index in [1.165, 1.54) is 4.31 Å². The molecule has 1 N–H and O–H groups in total. The van der Waals surface area contributed by atoms with Crippen molar-refractivity contribution in [2.24, 2.45) is 5.92 Å². The Morgan fingerprint density at radius 1 is 1.44 bits per heavy atom. The average molecular weight is 269 g/mol. The van der Waals surface area contributed by atoms with Crippen LogP contribution in [0.15, 0.2) is 0 Å². The van der Waals surface area contributed by atoms with Crippen LogP contribution in [-0.4, -0.2) is 43.5 Å². The van der Waals surface area contributed by atoms with Gasteiger partial charge in [0.2, 0.25) is 15.9 Å². The highest BCUT2D eigenvalue weighted by atomic mass is 35.5. The molecule has 5 nitrogen and oxygen atoms in total. The molecule has 0 aromatic carbocycles. The third kappa shape index (κ3) is 3.33. The molecule has 0 unspecified atom stereocenters. The number of sulfonamides is 1. The molecule has 1 aliphatic rings. The summed E-state index contributed by atoms with van der Waals surface area (Å²) in [5, 5.41) is 2.36. The monoisotopic (exact) mass is 268 g/mol. The molecular weight excluding hydrogens is 252 g/mol. The van der Waals surface area contributed by atoms with Gasteiger partial charge in [0.05, 0.1) is 0 Å². The molecule has 16 heavy (non-hydrogen) atoms. The predicted octanol–water partition coefficient (Wildman–Crippen LogP) is 0.361. The van der Waals surface area contributed by atoms with Crippen molar-refractivity contribution in [3.05, 3.63) is 0 Å². The molecule has 1 rings (SSSR count). The van der Waals surface area contributed by atoms with Crippen LogP contribution in [0.1, 0.15) is 19.8 Å². The van der Waals surface area contributed by atoms with E-state index in [4.69, 9.17) is 11.6 Å². The number of hydrogen-bond acceptors (Lipinski definition) is 3. The van der Waals surface area contributed by atoms with Gasteiger partial charge in [0.25, 0.3) is 0 Å². The molecule has 0 bridgehead atoms. The molecule has 1 aliphatic heterocycles. The van der Waals surface area contributed by atoms with E-state index < -0.39 is 15.2 Å². The molecular formula is C9H17ClN2O3S. The molecule has 1 amide bonds. The number of hydrogen-bond donors (Lipinski definition) is 1. The number of nitrogens with one attached hydrogen (secondary N) is 1. The maximum Gasteiger partial charge on any atom is 0.228 e. The average Bonchev–Trinajstić information content (AvgIpc) is 2.29. The minimum atomic E-state index is -3.32. The lowest BCUT2D eigenvalue weighted by Gasteiger charge is -2.29. The summed E-state index contributed by atoms with van der Waals surface area (Å²) in [6, 6.07) is 0. The quantitative estimate of drug-likeness (QED) is 0.749. The number of amides is 1. The molecule has 94 valence electrons. The first-order valence-electron chi connectivity index (χ1n) is 5.32. The Kier molecular flexibility index (Phi) is 5.01. The summed E-state index contributed by atoms with van der Waals surface area (Å²) in [5.41, 5.74) is 0. The standard InChI is InChI=1S/C9H17ClN2O3S/c1-2-11-9(13)8-3-5-12(6-4-8)16(14,15)7-10/h8H,2-7H2,1H3,(H,11,13).